The van der Waals surface area contributed by atoms with Crippen molar-refractivity contribution in [3.8, 4) is 11.5 Å². The van der Waals surface area contributed by atoms with Crippen LogP contribution in [0, 0.1) is 11.6 Å². The molecule has 2 aromatic carbocycles. The van der Waals surface area contributed by atoms with Crippen LogP contribution in [0.1, 0.15) is 0 Å². The highest BCUT2D eigenvalue weighted by atomic mass is 19.1. The summed E-state index contributed by atoms with van der Waals surface area (Å²) in [5.74, 6) is -1.40. The van der Waals surface area contributed by atoms with Gasteiger partial charge < -0.3 is 9.47 Å². The maximum Gasteiger partial charge on any atom is 0.190 e. The van der Waals surface area contributed by atoms with E-state index in [9.17, 15) is 8.78 Å². The third kappa shape index (κ3) is 3.09. The maximum absolute atomic E-state index is 13.5. The summed E-state index contributed by atoms with van der Waals surface area (Å²) in [5, 5.41) is 7.66. The van der Waals surface area contributed by atoms with Gasteiger partial charge in [0.15, 0.2) is 17.4 Å². The van der Waals surface area contributed by atoms with Gasteiger partial charge in [-0.3, -0.25) is 0 Å². The summed E-state index contributed by atoms with van der Waals surface area (Å²) >= 11 is 0. The SMILES string of the molecule is COc1ccc(/N=N/c2cc(F)c(OC)c(F)c2)cc1. The number of nitrogens with zero attached hydrogens (tertiary/aromatic N) is 2. The van der Waals surface area contributed by atoms with Crippen molar-refractivity contribution in [1.29, 1.82) is 0 Å². The molecule has 0 saturated carbocycles. The van der Waals surface area contributed by atoms with Gasteiger partial charge in [0.1, 0.15) is 5.75 Å². The summed E-state index contributed by atoms with van der Waals surface area (Å²) in [5.41, 5.74) is 0.610. The normalized spacial score (nSPS) is 10.8. The van der Waals surface area contributed by atoms with E-state index in [0.717, 1.165) is 12.1 Å². The van der Waals surface area contributed by atoms with E-state index in [4.69, 9.17) is 4.74 Å². The molecular weight excluding hydrogens is 266 g/mol. The number of hydrogen-bond acceptors (Lipinski definition) is 4. The second-order valence-corrected chi connectivity index (χ2v) is 3.84. The second kappa shape index (κ2) is 6.10. The molecule has 0 amide bonds. The van der Waals surface area contributed by atoms with Crippen molar-refractivity contribution in [2.24, 2.45) is 10.2 Å². The summed E-state index contributed by atoms with van der Waals surface area (Å²) in [6.45, 7) is 0. The summed E-state index contributed by atoms with van der Waals surface area (Å²) in [6, 6.07) is 8.88. The number of hydrogen-bond donors (Lipinski definition) is 0. The Labute approximate surface area is 114 Å². The molecule has 6 heteroatoms. The Bertz CT molecular complexity index is 605. The van der Waals surface area contributed by atoms with Gasteiger partial charge in [0.2, 0.25) is 0 Å². The van der Waals surface area contributed by atoms with Crippen LogP contribution in [0.3, 0.4) is 0 Å². The highest BCUT2D eigenvalue weighted by molar-refractivity contribution is 5.45. The summed E-state index contributed by atoms with van der Waals surface area (Å²) in [7, 11) is 2.75. The Balaban J connectivity index is 2.22. The molecule has 0 aromatic heterocycles. The van der Waals surface area contributed by atoms with E-state index in [0.29, 0.717) is 11.4 Å². The van der Waals surface area contributed by atoms with E-state index in [1.807, 2.05) is 0 Å². The number of ether oxygens (including phenoxy) is 2. The average Bonchev–Trinajstić information content (AvgIpc) is 2.45. The Morgan fingerprint density at radius 1 is 0.800 bits per heavy atom. The number of halogens is 2. The third-order valence-corrected chi connectivity index (χ3v) is 2.54. The standard InChI is InChI=1S/C14H12F2N2O2/c1-19-11-5-3-9(4-6-11)17-18-10-7-12(15)14(20-2)13(16)8-10/h3-8H,1-2H3/b18-17+. The highest BCUT2D eigenvalue weighted by Gasteiger charge is 2.11. The molecule has 0 saturated heterocycles. The smallest absolute Gasteiger partial charge is 0.190 e. The van der Waals surface area contributed by atoms with E-state index in [1.165, 1.54) is 7.11 Å². The van der Waals surface area contributed by atoms with Crippen LogP contribution in [0.5, 0.6) is 11.5 Å². The molecule has 0 atom stereocenters. The Morgan fingerprint density at radius 2 is 1.35 bits per heavy atom. The van der Waals surface area contributed by atoms with Crippen LogP contribution >= 0.6 is 0 Å². The molecule has 0 unspecified atom stereocenters. The molecule has 0 heterocycles. The largest absolute Gasteiger partial charge is 0.497 e. The molecule has 0 aliphatic carbocycles. The first-order chi connectivity index (χ1) is 9.63. The minimum atomic E-state index is -0.823. The molecule has 2 rings (SSSR count). The van der Waals surface area contributed by atoms with E-state index >= 15 is 0 Å². The van der Waals surface area contributed by atoms with Crippen LogP contribution in [0.4, 0.5) is 20.2 Å². The monoisotopic (exact) mass is 278 g/mol. The first-order valence-electron chi connectivity index (χ1n) is 5.73. The molecular formula is C14H12F2N2O2. The zero-order valence-corrected chi connectivity index (χ0v) is 10.9. The fourth-order valence-corrected chi connectivity index (χ4v) is 1.56. The lowest BCUT2D eigenvalue weighted by Crippen LogP contribution is -1.91. The average molecular weight is 278 g/mol. The fraction of sp³-hybridized carbons (Fsp3) is 0.143. The molecule has 4 nitrogen and oxygen atoms in total. The number of rotatable bonds is 4. The zero-order chi connectivity index (χ0) is 14.5. The lowest BCUT2D eigenvalue weighted by atomic mass is 10.3. The topological polar surface area (TPSA) is 43.2 Å². The lowest BCUT2D eigenvalue weighted by molar-refractivity contribution is 0.360. The quantitative estimate of drug-likeness (QED) is 0.778. The Hall–Kier alpha value is -2.50. The summed E-state index contributed by atoms with van der Waals surface area (Å²) in [4.78, 5) is 0. The zero-order valence-electron chi connectivity index (χ0n) is 10.9. The van der Waals surface area contributed by atoms with Crippen molar-refractivity contribution in [3.05, 3.63) is 48.0 Å². The molecule has 20 heavy (non-hydrogen) atoms. The third-order valence-electron chi connectivity index (χ3n) is 2.54. The first kappa shape index (κ1) is 13.9. The predicted octanol–water partition coefficient (Wildman–Crippen LogP) is 4.40. The van der Waals surface area contributed by atoms with E-state index in [-0.39, 0.29) is 5.69 Å². The van der Waals surface area contributed by atoms with Crippen molar-refractivity contribution < 1.29 is 18.3 Å². The van der Waals surface area contributed by atoms with Gasteiger partial charge in [0, 0.05) is 12.1 Å². The highest BCUT2D eigenvalue weighted by Crippen LogP contribution is 2.28. The number of azo groups is 1. The minimum Gasteiger partial charge on any atom is -0.497 e. The molecule has 0 N–H and O–H groups in total. The summed E-state index contributed by atoms with van der Waals surface area (Å²) < 4.78 is 36.5. The van der Waals surface area contributed by atoms with Gasteiger partial charge in [-0.2, -0.15) is 10.2 Å². The van der Waals surface area contributed by atoms with Gasteiger partial charge in [-0.15, -0.1) is 0 Å². The van der Waals surface area contributed by atoms with Crippen LogP contribution in [0.25, 0.3) is 0 Å². The van der Waals surface area contributed by atoms with Crippen LogP contribution in [0.15, 0.2) is 46.6 Å². The molecule has 0 radical (unpaired) electrons. The van der Waals surface area contributed by atoms with E-state index < -0.39 is 17.4 Å². The maximum atomic E-state index is 13.5. The molecule has 104 valence electrons. The van der Waals surface area contributed by atoms with Gasteiger partial charge in [0.25, 0.3) is 0 Å². The predicted molar refractivity (Wildman–Crippen MR) is 70.1 cm³/mol. The van der Waals surface area contributed by atoms with Crippen molar-refractivity contribution in [2.45, 2.75) is 0 Å². The van der Waals surface area contributed by atoms with Crippen molar-refractivity contribution >= 4 is 11.4 Å². The molecule has 0 spiro atoms. The molecule has 2 aromatic rings. The molecule has 0 bridgehead atoms. The minimum absolute atomic E-state index is 0.0663. The van der Waals surface area contributed by atoms with Gasteiger partial charge in [-0.1, -0.05) is 0 Å². The van der Waals surface area contributed by atoms with Crippen LogP contribution in [0.2, 0.25) is 0 Å². The molecule has 0 fully saturated rings. The van der Waals surface area contributed by atoms with Crippen molar-refractivity contribution in [2.75, 3.05) is 14.2 Å². The lowest BCUT2D eigenvalue weighted by Gasteiger charge is -2.03. The fourth-order valence-electron chi connectivity index (χ4n) is 1.56. The van der Waals surface area contributed by atoms with Crippen LogP contribution in [-0.2, 0) is 0 Å². The van der Waals surface area contributed by atoms with Gasteiger partial charge in [0.05, 0.1) is 25.6 Å². The van der Waals surface area contributed by atoms with Crippen LogP contribution in [-0.4, -0.2) is 14.2 Å². The van der Waals surface area contributed by atoms with Gasteiger partial charge in [-0.05, 0) is 24.3 Å². The molecule has 0 aliphatic rings. The van der Waals surface area contributed by atoms with Crippen molar-refractivity contribution in [3.63, 3.8) is 0 Å². The van der Waals surface area contributed by atoms with Gasteiger partial charge >= 0.3 is 0 Å². The molecule has 0 aliphatic heterocycles. The van der Waals surface area contributed by atoms with E-state index in [2.05, 4.69) is 15.0 Å². The Kier molecular flexibility index (Phi) is 4.24. The van der Waals surface area contributed by atoms with Gasteiger partial charge in [-0.25, -0.2) is 8.78 Å². The van der Waals surface area contributed by atoms with E-state index in [1.54, 1.807) is 31.4 Å². The Morgan fingerprint density at radius 3 is 1.85 bits per heavy atom. The van der Waals surface area contributed by atoms with Crippen molar-refractivity contribution in [1.82, 2.24) is 0 Å². The number of benzene rings is 2. The number of methoxy groups -OCH3 is 2. The second-order valence-electron chi connectivity index (χ2n) is 3.84. The summed E-state index contributed by atoms with van der Waals surface area (Å²) in [6.07, 6.45) is 0. The van der Waals surface area contributed by atoms with Crippen LogP contribution < -0.4 is 9.47 Å². The first-order valence-corrected chi connectivity index (χ1v) is 5.73.